The summed E-state index contributed by atoms with van der Waals surface area (Å²) in [5, 5.41) is 8.08. The van der Waals surface area contributed by atoms with Gasteiger partial charge in [0.05, 0.1) is 11.4 Å². The number of hydrogen-bond acceptors (Lipinski definition) is 2. The van der Waals surface area contributed by atoms with Crippen molar-refractivity contribution < 1.29 is 0 Å². The molecule has 2 unspecified atom stereocenters. The standard InChI is InChI=1S/C15H19N3/c1-12-7-8-14(16-11-12)15-9-10-17-18(15)13-5-3-2-4-6-13/h2-6,9-10,12,14,16H,7-8,11H2,1H3. The highest BCUT2D eigenvalue weighted by atomic mass is 15.3. The van der Waals surface area contributed by atoms with Gasteiger partial charge in [0.2, 0.25) is 0 Å². The Morgan fingerprint density at radius 1 is 1.17 bits per heavy atom. The van der Waals surface area contributed by atoms with Crippen molar-refractivity contribution in [3.63, 3.8) is 0 Å². The maximum atomic E-state index is 4.46. The maximum Gasteiger partial charge on any atom is 0.0649 e. The molecular formula is C15H19N3. The van der Waals surface area contributed by atoms with E-state index >= 15 is 0 Å². The molecule has 1 saturated heterocycles. The molecule has 0 saturated carbocycles. The highest BCUT2D eigenvalue weighted by molar-refractivity contribution is 5.33. The quantitative estimate of drug-likeness (QED) is 0.876. The van der Waals surface area contributed by atoms with Crippen LogP contribution in [-0.2, 0) is 0 Å². The Morgan fingerprint density at radius 2 is 2.00 bits per heavy atom. The molecular weight excluding hydrogens is 222 g/mol. The summed E-state index contributed by atoms with van der Waals surface area (Å²) in [6, 6.07) is 12.9. The van der Waals surface area contributed by atoms with Crippen LogP contribution >= 0.6 is 0 Å². The lowest BCUT2D eigenvalue weighted by Gasteiger charge is -2.28. The Bertz CT molecular complexity index is 495. The average molecular weight is 241 g/mol. The lowest BCUT2D eigenvalue weighted by molar-refractivity contribution is 0.325. The number of rotatable bonds is 2. The molecule has 0 bridgehead atoms. The summed E-state index contributed by atoms with van der Waals surface area (Å²) in [4.78, 5) is 0. The van der Waals surface area contributed by atoms with Gasteiger partial charge in [0.25, 0.3) is 0 Å². The summed E-state index contributed by atoms with van der Waals surface area (Å²) < 4.78 is 2.05. The van der Waals surface area contributed by atoms with Gasteiger partial charge >= 0.3 is 0 Å². The number of nitrogens with one attached hydrogen (secondary N) is 1. The van der Waals surface area contributed by atoms with Crippen molar-refractivity contribution in [3.05, 3.63) is 48.3 Å². The predicted molar refractivity (Wildman–Crippen MR) is 72.7 cm³/mol. The Kier molecular flexibility index (Phi) is 3.15. The Balaban J connectivity index is 1.88. The third-order valence-electron chi connectivity index (χ3n) is 3.69. The molecule has 1 aliphatic rings. The Hall–Kier alpha value is -1.61. The first-order valence-electron chi connectivity index (χ1n) is 6.67. The van der Waals surface area contributed by atoms with E-state index in [0.717, 1.165) is 18.2 Å². The number of piperidine rings is 1. The molecule has 3 rings (SSSR count). The molecule has 2 atom stereocenters. The number of aromatic nitrogens is 2. The van der Waals surface area contributed by atoms with Crippen molar-refractivity contribution >= 4 is 0 Å². The SMILES string of the molecule is CC1CCC(c2ccnn2-c2ccccc2)NC1. The van der Waals surface area contributed by atoms with Crippen LogP contribution in [0.4, 0.5) is 0 Å². The van der Waals surface area contributed by atoms with Gasteiger partial charge in [-0.3, -0.25) is 0 Å². The van der Waals surface area contributed by atoms with Gasteiger partial charge in [-0.15, -0.1) is 0 Å². The summed E-state index contributed by atoms with van der Waals surface area (Å²) in [6.07, 6.45) is 4.37. The first kappa shape index (κ1) is 11.5. The van der Waals surface area contributed by atoms with Crippen molar-refractivity contribution in [1.82, 2.24) is 15.1 Å². The van der Waals surface area contributed by atoms with E-state index in [1.807, 2.05) is 16.9 Å². The van der Waals surface area contributed by atoms with Crippen molar-refractivity contribution in [3.8, 4) is 5.69 Å². The topological polar surface area (TPSA) is 29.9 Å². The van der Waals surface area contributed by atoms with Gasteiger partial charge in [0.1, 0.15) is 0 Å². The van der Waals surface area contributed by atoms with Crippen LogP contribution in [0.2, 0.25) is 0 Å². The van der Waals surface area contributed by atoms with Crippen molar-refractivity contribution in [2.45, 2.75) is 25.8 Å². The van der Waals surface area contributed by atoms with Gasteiger partial charge in [-0.1, -0.05) is 25.1 Å². The third-order valence-corrected chi connectivity index (χ3v) is 3.69. The zero-order valence-electron chi connectivity index (χ0n) is 10.7. The Morgan fingerprint density at radius 3 is 2.72 bits per heavy atom. The molecule has 0 radical (unpaired) electrons. The van der Waals surface area contributed by atoms with Crippen LogP contribution in [0.3, 0.4) is 0 Å². The van der Waals surface area contributed by atoms with Crippen LogP contribution in [0.15, 0.2) is 42.6 Å². The summed E-state index contributed by atoms with van der Waals surface area (Å²) in [6.45, 7) is 3.41. The molecule has 1 aromatic heterocycles. The van der Waals surface area contributed by atoms with Crippen molar-refractivity contribution in [2.24, 2.45) is 5.92 Å². The molecule has 94 valence electrons. The molecule has 0 amide bonds. The highest BCUT2D eigenvalue weighted by Crippen LogP contribution is 2.26. The van der Waals surface area contributed by atoms with Crippen LogP contribution in [0, 0.1) is 5.92 Å². The molecule has 1 aromatic carbocycles. The first-order valence-corrected chi connectivity index (χ1v) is 6.67. The first-order chi connectivity index (χ1) is 8.84. The zero-order valence-corrected chi connectivity index (χ0v) is 10.7. The lowest BCUT2D eigenvalue weighted by Crippen LogP contribution is -2.33. The molecule has 3 nitrogen and oxygen atoms in total. The van der Waals surface area contributed by atoms with E-state index < -0.39 is 0 Å². The minimum Gasteiger partial charge on any atom is -0.308 e. The monoisotopic (exact) mass is 241 g/mol. The van der Waals surface area contributed by atoms with Gasteiger partial charge in [-0.05, 0) is 43.5 Å². The van der Waals surface area contributed by atoms with Crippen LogP contribution < -0.4 is 5.32 Å². The number of benzene rings is 1. The van der Waals surface area contributed by atoms with E-state index in [1.165, 1.54) is 18.5 Å². The number of nitrogens with zero attached hydrogens (tertiary/aromatic N) is 2. The minimum absolute atomic E-state index is 0.434. The molecule has 1 N–H and O–H groups in total. The van der Waals surface area contributed by atoms with E-state index in [0.29, 0.717) is 6.04 Å². The molecule has 1 fully saturated rings. The number of para-hydroxylation sites is 1. The molecule has 1 aliphatic heterocycles. The third kappa shape index (κ3) is 2.18. The van der Waals surface area contributed by atoms with Crippen molar-refractivity contribution in [2.75, 3.05) is 6.54 Å². The fraction of sp³-hybridized carbons (Fsp3) is 0.400. The van der Waals surface area contributed by atoms with Crippen LogP contribution in [0.1, 0.15) is 31.5 Å². The molecule has 2 heterocycles. The maximum absolute atomic E-state index is 4.46. The summed E-state index contributed by atoms with van der Waals surface area (Å²) in [7, 11) is 0. The summed E-state index contributed by atoms with van der Waals surface area (Å²) >= 11 is 0. The normalized spacial score (nSPS) is 24.1. The van der Waals surface area contributed by atoms with E-state index in [1.54, 1.807) is 0 Å². The van der Waals surface area contributed by atoms with Gasteiger partial charge in [-0.25, -0.2) is 4.68 Å². The van der Waals surface area contributed by atoms with Gasteiger partial charge in [-0.2, -0.15) is 5.10 Å². The molecule has 0 spiro atoms. The zero-order chi connectivity index (χ0) is 12.4. The van der Waals surface area contributed by atoms with Gasteiger partial charge in [0, 0.05) is 12.2 Å². The average Bonchev–Trinajstić information content (AvgIpc) is 2.90. The van der Waals surface area contributed by atoms with E-state index in [-0.39, 0.29) is 0 Å². The fourth-order valence-electron chi connectivity index (χ4n) is 2.61. The summed E-state index contributed by atoms with van der Waals surface area (Å²) in [5.41, 5.74) is 2.41. The van der Waals surface area contributed by atoms with Gasteiger partial charge < -0.3 is 5.32 Å². The van der Waals surface area contributed by atoms with E-state index in [9.17, 15) is 0 Å². The fourth-order valence-corrected chi connectivity index (χ4v) is 2.61. The molecule has 3 heteroatoms. The minimum atomic E-state index is 0.434. The van der Waals surface area contributed by atoms with E-state index in [2.05, 4.69) is 47.7 Å². The Labute approximate surface area is 108 Å². The van der Waals surface area contributed by atoms with Crippen molar-refractivity contribution in [1.29, 1.82) is 0 Å². The van der Waals surface area contributed by atoms with Gasteiger partial charge in [0.15, 0.2) is 0 Å². The second kappa shape index (κ2) is 4.94. The largest absolute Gasteiger partial charge is 0.308 e. The molecule has 0 aliphatic carbocycles. The van der Waals surface area contributed by atoms with Crippen LogP contribution in [0.5, 0.6) is 0 Å². The molecule has 2 aromatic rings. The smallest absolute Gasteiger partial charge is 0.0649 e. The van der Waals surface area contributed by atoms with Crippen LogP contribution in [-0.4, -0.2) is 16.3 Å². The predicted octanol–water partition coefficient (Wildman–Crippen LogP) is 2.93. The number of hydrogen-bond donors (Lipinski definition) is 1. The second-order valence-corrected chi connectivity index (χ2v) is 5.15. The van der Waals surface area contributed by atoms with E-state index in [4.69, 9.17) is 0 Å². The lowest BCUT2D eigenvalue weighted by atomic mass is 9.94. The molecule has 18 heavy (non-hydrogen) atoms. The van der Waals surface area contributed by atoms with Crippen LogP contribution in [0.25, 0.3) is 5.69 Å². The highest BCUT2D eigenvalue weighted by Gasteiger charge is 2.22. The second-order valence-electron chi connectivity index (χ2n) is 5.15. The summed E-state index contributed by atoms with van der Waals surface area (Å²) in [5.74, 6) is 0.786.